The van der Waals surface area contributed by atoms with Crippen molar-refractivity contribution in [1.29, 1.82) is 0 Å². The molecule has 1 aliphatic heterocycles. The zero-order valence-corrected chi connectivity index (χ0v) is 12.6. The van der Waals surface area contributed by atoms with E-state index in [0.29, 0.717) is 6.61 Å². The van der Waals surface area contributed by atoms with E-state index >= 15 is 0 Å². The summed E-state index contributed by atoms with van der Waals surface area (Å²) in [5.74, 6) is 0.947. The van der Waals surface area contributed by atoms with E-state index in [9.17, 15) is 0 Å². The third kappa shape index (κ3) is 2.48. The van der Waals surface area contributed by atoms with Gasteiger partial charge in [-0.2, -0.15) is 0 Å². The van der Waals surface area contributed by atoms with E-state index < -0.39 is 0 Å². The topological polar surface area (TPSA) is 37.0 Å². The SMILES string of the molecule is c1ccc(COc2cccc3c4c([nH]c23)CCNCC4)cc1. The van der Waals surface area contributed by atoms with Crippen LogP contribution in [0.15, 0.2) is 48.5 Å². The molecule has 3 aromatic rings. The molecule has 2 aromatic carbocycles. The van der Waals surface area contributed by atoms with Gasteiger partial charge >= 0.3 is 0 Å². The van der Waals surface area contributed by atoms with Gasteiger partial charge in [0.15, 0.2) is 0 Å². The Kier molecular flexibility index (Phi) is 3.57. The van der Waals surface area contributed by atoms with Gasteiger partial charge in [0.05, 0.1) is 5.52 Å². The smallest absolute Gasteiger partial charge is 0.143 e. The molecule has 0 saturated carbocycles. The van der Waals surface area contributed by atoms with Crippen LogP contribution in [0.2, 0.25) is 0 Å². The molecule has 2 heterocycles. The van der Waals surface area contributed by atoms with E-state index in [1.165, 1.54) is 22.2 Å². The van der Waals surface area contributed by atoms with Crippen molar-refractivity contribution in [3.05, 3.63) is 65.4 Å². The van der Waals surface area contributed by atoms with Crippen molar-refractivity contribution < 1.29 is 4.74 Å². The second-order valence-electron chi connectivity index (χ2n) is 5.79. The molecule has 0 unspecified atom stereocenters. The Hall–Kier alpha value is -2.26. The Balaban J connectivity index is 1.67. The van der Waals surface area contributed by atoms with Crippen molar-refractivity contribution in [3.8, 4) is 5.75 Å². The summed E-state index contributed by atoms with van der Waals surface area (Å²) in [6.07, 6.45) is 2.14. The molecule has 3 heteroatoms. The largest absolute Gasteiger partial charge is 0.487 e. The van der Waals surface area contributed by atoms with Crippen molar-refractivity contribution in [3.63, 3.8) is 0 Å². The molecule has 3 nitrogen and oxygen atoms in total. The quantitative estimate of drug-likeness (QED) is 0.776. The molecule has 1 aliphatic rings. The highest BCUT2D eigenvalue weighted by Crippen LogP contribution is 2.31. The number of hydrogen-bond acceptors (Lipinski definition) is 2. The molecular weight excluding hydrogens is 272 g/mol. The number of rotatable bonds is 3. The standard InChI is InChI=1S/C19H20N2O/c1-2-5-14(6-3-1)13-22-18-8-4-7-16-15-9-11-20-12-10-17(15)21-19(16)18/h1-8,20-21H,9-13H2. The van der Waals surface area contributed by atoms with Crippen LogP contribution in [-0.4, -0.2) is 18.1 Å². The van der Waals surface area contributed by atoms with Gasteiger partial charge in [-0.15, -0.1) is 0 Å². The summed E-state index contributed by atoms with van der Waals surface area (Å²) in [4.78, 5) is 3.60. The number of H-pyrrole nitrogens is 1. The van der Waals surface area contributed by atoms with Crippen LogP contribution in [0.25, 0.3) is 10.9 Å². The molecule has 0 amide bonds. The average molecular weight is 292 g/mol. The monoisotopic (exact) mass is 292 g/mol. The van der Waals surface area contributed by atoms with Gasteiger partial charge in [-0.25, -0.2) is 0 Å². The van der Waals surface area contributed by atoms with Gasteiger partial charge in [0.25, 0.3) is 0 Å². The van der Waals surface area contributed by atoms with E-state index in [0.717, 1.165) is 37.2 Å². The maximum absolute atomic E-state index is 6.07. The molecule has 0 radical (unpaired) electrons. The molecule has 1 aromatic heterocycles. The van der Waals surface area contributed by atoms with Crippen molar-refractivity contribution in [2.45, 2.75) is 19.4 Å². The Morgan fingerprint density at radius 1 is 0.909 bits per heavy atom. The minimum Gasteiger partial charge on any atom is -0.487 e. The lowest BCUT2D eigenvalue weighted by atomic mass is 10.1. The Labute approximate surface area is 130 Å². The number of nitrogens with one attached hydrogen (secondary N) is 2. The molecule has 0 saturated heterocycles. The van der Waals surface area contributed by atoms with Crippen molar-refractivity contribution in [1.82, 2.24) is 10.3 Å². The van der Waals surface area contributed by atoms with Crippen LogP contribution in [0.5, 0.6) is 5.75 Å². The zero-order chi connectivity index (χ0) is 14.8. The Bertz CT molecular complexity index is 777. The molecule has 22 heavy (non-hydrogen) atoms. The highest BCUT2D eigenvalue weighted by Gasteiger charge is 2.16. The first-order valence-electron chi connectivity index (χ1n) is 7.92. The first kappa shape index (κ1) is 13.4. The lowest BCUT2D eigenvalue weighted by molar-refractivity contribution is 0.309. The predicted octanol–water partition coefficient (Wildman–Crippen LogP) is 3.44. The van der Waals surface area contributed by atoms with Gasteiger partial charge < -0.3 is 15.0 Å². The lowest BCUT2D eigenvalue weighted by Gasteiger charge is -2.08. The summed E-state index contributed by atoms with van der Waals surface area (Å²) < 4.78 is 6.07. The summed E-state index contributed by atoms with van der Waals surface area (Å²) in [5.41, 5.74) is 5.14. The van der Waals surface area contributed by atoms with Crippen molar-refractivity contribution in [2.75, 3.05) is 13.1 Å². The van der Waals surface area contributed by atoms with Crippen molar-refractivity contribution in [2.24, 2.45) is 0 Å². The number of hydrogen-bond donors (Lipinski definition) is 2. The van der Waals surface area contributed by atoms with Gasteiger partial charge in [0.2, 0.25) is 0 Å². The van der Waals surface area contributed by atoms with Crippen molar-refractivity contribution >= 4 is 10.9 Å². The average Bonchev–Trinajstić information content (AvgIpc) is 2.76. The van der Waals surface area contributed by atoms with Gasteiger partial charge in [0.1, 0.15) is 12.4 Å². The van der Waals surface area contributed by atoms with Crippen LogP contribution in [0.1, 0.15) is 16.8 Å². The van der Waals surface area contributed by atoms with Gasteiger partial charge in [0, 0.05) is 24.0 Å². The number of benzene rings is 2. The van der Waals surface area contributed by atoms with Crippen LogP contribution in [0.3, 0.4) is 0 Å². The fourth-order valence-corrected chi connectivity index (χ4v) is 3.21. The number of fused-ring (bicyclic) bond motifs is 3. The number of para-hydroxylation sites is 1. The number of aromatic amines is 1. The minimum absolute atomic E-state index is 0.602. The molecule has 112 valence electrons. The summed E-state index contributed by atoms with van der Waals surface area (Å²) in [6.45, 7) is 2.69. The molecule has 4 rings (SSSR count). The van der Waals surface area contributed by atoms with Gasteiger partial charge in [-0.05, 0) is 30.2 Å². The molecule has 0 atom stereocenters. The van der Waals surface area contributed by atoms with Crippen LogP contribution >= 0.6 is 0 Å². The molecular formula is C19H20N2O. The van der Waals surface area contributed by atoms with Gasteiger partial charge in [-0.3, -0.25) is 0 Å². The fourth-order valence-electron chi connectivity index (χ4n) is 3.21. The Morgan fingerprint density at radius 2 is 1.77 bits per heavy atom. The summed E-state index contributed by atoms with van der Waals surface area (Å²) >= 11 is 0. The summed E-state index contributed by atoms with van der Waals surface area (Å²) in [5, 5.41) is 4.76. The third-order valence-electron chi connectivity index (χ3n) is 4.33. The Morgan fingerprint density at radius 3 is 2.68 bits per heavy atom. The van der Waals surface area contributed by atoms with E-state index in [4.69, 9.17) is 4.74 Å². The van der Waals surface area contributed by atoms with E-state index in [-0.39, 0.29) is 0 Å². The number of ether oxygens (including phenoxy) is 1. The molecule has 0 aliphatic carbocycles. The van der Waals surface area contributed by atoms with E-state index in [1.807, 2.05) is 18.2 Å². The maximum Gasteiger partial charge on any atom is 0.143 e. The lowest BCUT2D eigenvalue weighted by Crippen LogP contribution is -2.16. The molecule has 0 spiro atoms. The highest BCUT2D eigenvalue weighted by atomic mass is 16.5. The fraction of sp³-hybridized carbons (Fsp3) is 0.263. The normalized spacial score (nSPS) is 14.5. The van der Waals surface area contributed by atoms with E-state index in [1.54, 1.807) is 0 Å². The predicted molar refractivity (Wildman–Crippen MR) is 89.4 cm³/mol. The first-order valence-corrected chi connectivity index (χ1v) is 7.92. The van der Waals surface area contributed by atoms with E-state index in [2.05, 4.69) is 40.6 Å². The minimum atomic E-state index is 0.602. The van der Waals surface area contributed by atoms with Crippen LogP contribution in [-0.2, 0) is 19.4 Å². The van der Waals surface area contributed by atoms with Crippen LogP contribution < -0.4 is 10.1 Å². The second-order valence-corrected chi connectivity index (χ2v) is 5.79. The van der Waals surface area contributed by atoms with Gasteiger partial charge in [-0.1, -0.05) is 42.5 Å². The molecule has 2 N–H and O–H groups in total. The zero-order valence-electron chi connectivity index (χ0n) is 12.6. The maximum atomic E-state index is 6.07. The number of aromatic nitrogens is 1. The van der Waals surface area contributed by atoms with Crippen LogP contribution in [0.4, 0.5) is 0 Å². The first-order chi connectivity index (χ1) is 10.9. The second kappa shape index (κ2) is 5.85. The summed E-state index contributed by atoms with van der Waals surface area (Å²) in [7, 11) is 0. The molecule has 0 fully saturated rings. The highest BCUT2D eigenvalue weighted by molar-refractivity contribution is 5.89. The molecule has 0 bridgehead atoms. The third-order valence-corrected chi connectivity index (χ3v) is 4.33. The van der Waals surface area contributed by atoms with Crippen LogP contribution in [0, 0.1) is 0 Å². The summed E-state index contributed by atoms with van der Waals surface area (Å²) in [6, 6.07) is 16.7.